The molecule has 116 valence electrons. The number of carbonyl (C=O) groups is 2. The maximum absolute atomic E-state index is 12.9. The summed E-state index contributed by atoms with van der Waals surface area (Å²) >= 11 is 3.37. The number of Topliss-reactive ketones (excluding diaryl/α,β-unsaturated/α-hetero) is 1. The van der Waals surface area contributed by atoms with E-state index in [1.807, 2.05) is 12.1 Å². The summed E-state index contributed by atoms with van der Waals surface area (Å²) in [6.07, 6.45) is 0. The fourth-order valence-electron chi connectivity index (χ4n) is 3.00. The van der Waals surface area contributed by atoms with Crippen molar-refractivity contribution >= 4 is 27.7 Å². The highest BCUT2D eigenvalue weighted by Crippen LogP contribution is 2.48. The van der Waals surface area contributed by atoms with Gasteiger partial charge in [-0.05, 0) is 41.8 Å². The molecule has 2 aliphatic heterocycles. The van der Waals surface area contributed by atoms with E-state index in [1.54, 1.807) is 24.3 Å². The Morgan fingerprint density at radius 1 is 1.00 bits per heavy atom. The van der Waals surface area contributed by atoms with E-state index in [1.165, 1.54) is 0 Å². The Labute approximate surface area is 141 Å². The Bertz CT molecular complexity index is 871. The predicted octanol–water partition coefficient (Wildman–Crippen LogP) is 4.17. The van der Waals surface area contributed by atoms with Crippen molar-refractivity contribution in [3.05, 3.63) is 63.1 Å². The van der Waals surface area contributed by atoms with Crippen LogP contribution in [0.15, 0.2) is 40.9 Å². The molecule has 4 nitrogen and oxygen atoms in total. The van der Waals surface area contributed by atoms with E-state index in [9.17, 15) is 9.59 Å². The van der Waals surface area contributed by atoms with Crippen molar-refractivity contribution in [3.8, 4) is 5.75 Å². The summed E-state index contributed by atoms with van der Waals surface area (Å²) in [6, 6.07) is 10.6. The van der Waals surface area contributed by atoms with Gasteiger partial charge in [0.1, 0.15) is 5.75 Å². The molecule has 2 aliphatic rings. The summed E-state index contributed by atoms with van der Waals surface area (Å²) < 4.78 is 12.0. The van der Waals surface area contributed by atoms with Gasteiger partial charge in [0, 0.05) is 4.47 Å². The van der Waals surface area contributed by atoms with E-state index in [-0.39, 0.29) is 5.78 Å². The van der Waals surface area contributed by atoms with Crippen molar-refractivity contribution < 1.29 is 19.1 Å². The normalized spacial score (nSPS) is 21.4. The molecular weight excluding hydrogens is 360 g/mol. The standard InChI is InChI=1S/C18H13BrO4/c1-9(2)10-3-5-13-15(7-10)22-18(16(13)20)14-8-11(19)4-6-12(14)17(21)23-18/h3-9H,1-2H3. The van der Waals surface area contributed by atoms with E-state index in [4.69, 9.17) is 9.47 Å². The summed E-state index contributed by atoms with van der Waals surface area (Å²) in [4.78, 5) is 25.0. The van der Waals surface area contributed by atoms with Crippen LogP contribution in [0.2, 0.25) is 0 Å². The van der Waals surface area contributed by atoms with E-state index in [2.05, 4.69) is 29.8 Å². The Morgan fingerprint density at radius 3 is 2.48 bits per heavy atom. The Kier molecular flexibility index (Phi) is 2.94. The maximum atomic E-state index is 12.9. The summed E-state index contributed by atoms with van der Waals surface area (Å²) in [5.74, 6) is -1.80. The third-order valence-corrected chi connectivity index (χ3v) is 4.76. The zero-order valence-corrected chi connectivity index (χ0v) is 14.1. The van der Waals surface area contributed by atoms with E-state index < -0.39 is 11.8 Å². The lowest BCUT2D eigenvalue weighted by molar-refractivity contribution is -0.0979. The van der Waals surface area contributed by atoms with Gasteiger partial charge in [0.2, 0.25) is 0 Å². The van der Waals surface area contributed by atoms with E-state index >= 15 is 0 Å². The topological polar surface area (TPSA) is 52.6 Å². The van der Waals surface area contributed by atoms with Gasteiger partial charge in [-0.1, -0.05) is 35.8 Å². The third-order valence-electron chi connectivity index (χ3n) is 4.26. The number of hydrogen-bond acceptors (Lipinski definition) is 4. The summed E-state index contributed by atoms with van der Waals surface area (Å²) in [7, 11) is 0. The first-order valence-corrected chi connectivity index (χ1v) is 8.13. The zero-order chi connectivity index (χ0) is 16.4. The van der Waals surface area contributed by atoms with Crippen LogP contribution in [-0.4, -0.2) is 11.8 Å². The van der Waals surface area contributed by atoms with Crippen LogP contribution >= 0.6 is 15.9 Å². The minimum absolute atomic E-state index is 0.308. The molecule has 0 N–H and O–H groups in total. The summed E-state index contributed by atoms with van der Waals surface area (Å²) in [6.45, 7) is 4.13. The lowest BCUT2D eigenvalue weighted by Crippen LogP contribution is -2.37. The van der Waals surface area contributed by atoms with Gasteiger partial charge in [-0.3, -0.25) is 4.79 Å². The SMILES string of the molecule is CC(C)c1ccc2c(c1)OC1(OC(=O)c3ccc(Br)cc31)C2=O. The van der Waals surface area contributed by atoms with Gasteiger partial charge < -0.3 is 9.47 Å². The van der Waals surface area contributed by atoms with Gasteiger partial charge in [-0.2, -0.15) is 0 Å². The number of carbonyl (C=O) groups excluding carboxylic acids is 2. The van der Waals surface area contributed by atoms with Crippen LogP contribution < -0.4 is 4.74 Å². The molecule has 23 heavy (non-hydrogen) atoms. The molecule has 0 bridgehead atoms. The van der Waals surface area contributed by atoms with Gasteiger partial charge in [0.25, 0.3) is 5.78 Å². The zero-order valence-electron chi connectivity index (χ0n) is 12.6. The molecule has 0 aliphatic carbocycles. The molecule has 0 amide bonds. The smallest absolute Gasteiger partial charge is 0.347 e. The average Bonchev–Trinajstić information content (AvgIpc) is 2.94. The lowest BCUT2D eigenvalue weighted by Gasteiger charge is -2.21. The van der Waals surface area contributed by atoms with Crippen LogP contribution in [0.5, 0.6) is 5.75 Å². The van der Waals surface area contributed by atoms with Crippen LogP contribution in [0.4, 0.5) is 0 Å². The van der Waals surface area contributed by atoms with Crippen molar-refractivity contribution in [2.75, 3.05) is 0 Å². The molecule has 5 heteroatoms. The Morgan fingerprint density at radius 2 is 1.74 bits per heavy atom. The maximum Gasteiger partial charge on any atom is 0.347 e. The Hall–Kier alpha value is -2.14. The number of hydrogen-bond donors (Lipinski definition) is 0. The molecule has 2 aromatic carbocycles. The highest BCUT2D eigenvalue weighted by molar-refractivity contribution is 9.10. The van der Waals surface area contributed by atoms with Crippen LogP contribution in [0.3, 0.4) is 0 Å². The number of fused-ring (bicyclic) bond motifs is 3. The molecule has 0 radical (unpaired) electrons. The van der Waals surface area contributed by atoms with Gasteiger partial charge in [0.15, 0.2) is 0 Å². The van der Waals surface area contributed by atoms with E-state index in [0.717, 1.165) is 10.0 Å². The highest BCUT2D eigenvalue weighted by atomic mass is 79.9. The van der Waals surface area contributed by atoms with Crippen molar-refractivity contribution in [2.45, 2.75) is 25.6 Å². The van der Waals surface area contributed by atoms with Crippen molar-refractivity contribution in [1.29, 1.82) is 0 Å². The van der Waals surface area contributed by atoms with Gasteiger partial charge in [-0.15, -0.1) is 0 Å². The molecule has 2 heterocycles. The monoisotopic (exact) mass is 372 g/mol. The average molecular weight is 373 g/mol. The highest BCUT2D eigenvalue weighted by Gasteiger charge is 2.59. The summed E-state index contributed by atoms with van der Waals surface area (Å²) in [5.41, 5.74) is 2.31. The molecule has 1 unspecified atom stereocenters. The third kappa shape index (κ3) is 1.89. The molecule has 0 aromatic heterocycles. The molecular formula is C18H13BrO4. The van der Waals surface area contributed by atoms with E-state index in [0.29, 0.717) is 28.4 Å². The fraction of sp³-hybridized carbons (Fsp3) is 0.222. The number of halogens is 1. The minimum atomic E-state index is -1.69. The van der Waals surface area contributed by atoms with Crippen LogP contribution in [0.25, 0.3) is 0 Å². The quantitative estimate of drug-likeness (QED) is 0.704. The van der Waals surface area contributed by atoms with Crippen LogP contribution in [0.1, 0.15) is 51.6 Å². The number of rotatable bonds is 1. The molecule has 1 atom stereocenters. The first-order valence-electron chi connectivity index (χ1n) is 7.33. The number of esters is 1. The van der Waals surface area contributed by atoms with Gasteiger partial charge in [0.05, 0.1) is 16.7 Å². The largest absolute Gasteiger partial charge is 0.441 e. The van der Waals surface area contributed by atoms with Gasteiger partial charge >= 0.3 is 11.8 Å². The second-order valence-electron chi connectivity index (χ2n) is 6.04. The minimum Gasteiger partial charge on any atom is -0.441 e. The molecule has 4 rings (SSSR count). The second-order valence-corrected chi connectivity index (χ2v) is 6.95. The molecule has 2 aromatic rings. The van der Waals surface area contributed by atoms with Crippen molar-refractivity contribution in [2.24, 2.45) is 0 Å². The molecule has 1 spiro atoms. The van der Waals surface area contributed by atoms with Gasteiger partial charge in [-0.25, -0.2) is 4.79 Å². The lowest BCUT2D eigenvalue weighted by atomic mass is 9.95. The fourth-order valence-corrected chi connectivity index (χ4v) is 3.36. The predicted molar refractivity (Wildman–Crippen MR) is 86.7 cm³/mol. The van der Waals surface area contributed by atoms with Crippen molar-refractivity contribution in [3.63, 3.8) is 0 Å². The van der Waals surface area contributed by atoms with Crippen LogP contribution in [-0.2, 0) is 10.5 Å². The number of benzene rings is 2. The van der Waals surface area contributed by atoms with Crippen molar-refractivity contribution in [1.82, 2.24) is 0 Å². The number of ketones is 1. The first kappa shape index (κ1) is 14.5. The van der Waals surface area contributed by atoms with Crippen LogP contribution in [0, 0.1) is 0 Å². The molecule has 0 saturated heterocycles. The second kappa shape index (κ2) is 4.68. The number of ether oxygens (including phenoxy) is 2. The first-order chi connectivity index (χ1) is 10.9. The Balaban J connectivity index is 1.88. The molecule has 0 fully saturated rings. The summed E-state index contributed by atoms with van der Waals surface area (Å²) in [5, 5.41) is 0. The molecule has 0 saturated carbocycles.